The van der Waals surface area contributed by atoms with Crippen molar-refractivity contribution in [2.24, 2.45) is 0 Å². The van der Waals surface area contributed by atoms with Gasteiger partial charge in [0.2, 0.25) is 5.91 Å². The summed E-state index contributed by atoms with van der Waals surface area (Å²) in [5, 5.41) is 2.92. The third-order valence-corrected chi connectivity index (χ3v) is 3.97. The Morgan fingerprint density at radius 1 is 1.33 bits per heavy atom. The fourth-order valence-corrected chi connectivity index (χ4v) is 2.67. The lowest BCUT2D eigenvalue weighted by Gasteiger charge is -2.32. The molecule has 0 radical (unpaired) electrons. The minimum Gasteiger partial charge on any atom is -0.497 e. The van der Waals surface area contributed by atoms with Crippen molar-refractivity contribution >= 4 is 11.6 Å². The SMILES string of the molecule is COc1ccc(NC(=O)CN2CCCC[C@H]2C)c(OC)c1. The Hall–Kier alpha value is -1.75. The molecule has 1 heterocycles. The number of benzene rings is 1. The van der Waals surface area contributed by atoms with Crippen molar-refractivity contribution in [3.8, 4) is 11.5 Å². The molecule has 2 rings (SSSR count). The van der Waals surface area contributed by atoms with Crippen LogP contribution >= 0.6 is 0 Å². The quantitative estimate of drug-likeness (QED) is 0.906. The van der Waals surface area contributed by atoms with Crippen LogP contribution in [0.25, 0.3) is 0 Å². The van der Waals surface area contributed by atoms with Gasteiger partial charge in [-0.1, -0.05) is 6.42 Å². The van der Waals surface area contributed by atoms with Crippen LogP contribution in [0.3, 0.4) is 0 Å². The van der Waals surface area contributed by atoms with E-state index in [4.69, 9.17) is 9.47 Å². The molecule has 116 valence electrons. The maximum atomic E-state index is 12.2. The molecule has 1 aliphatic heterocycles. The lowest BCUT2D eigenvalue weighted by atomic mass is 10.0. The van der Waals surface area contributed by atoms with Crippen LogP contribution in [0.15, 0.2) is 18.2 Å². The summed E-state index contributed by atoms with van der Waals surface area (Å²) in [6, 6.07) is 5.85. The Morgan fingerprint density at radius 3 is 2.81 bits per heavy atom. The number of ether oxygens (including phenoxy) is 2. The summed E-state index contributed by atoms with van der Waals surface area (Å²) >= 11 is 0. The third-order valence-electron chi connectivity index (χ3n) is 3.97. The molecule has 5 heteroatoms. The van der Waals surface area contributed by atoms with E-state index in [2.05, 4.69) is 17.1 Å². The highest BCUT2D eigenvalue weighted by atomic mass is 16.5. The van der Waals surface area contributed by atoms with Crippen molar-refractivity contribution < 1.29 is 14.3 Å². The Bertz CT molecular complexity index is 490. The highest BCUT2D eigenvalue weighted by Crippen LogP contribution is 2.29. The number of rotatable bonds is 5. The Kier molecular flexibility index (Phi) is 5.44. The molecular formula is C16H24N2O3. The molecule has 1 aromatic rings. The summed E-state index contributed by atoms with van der Waals surface area (Å²) < 4.78 is 10.4. The number of piperidine rings is 1. The van der Waals surface area contributed by atoms with Crippen molar-refractivity contribution in [3.05, 3.63) is 18.2 Å². The van der Waals surface area contributed by atoms with Crippen LogP contribution in [0.4, 0.5) is 5.69 Å². The van der Waals surface area contributed by atoms with Crippen LogP contribution in [0, 0.1) is 0 Å². The van der Waals surface area contributed by atoms with Crippen LogP contribution < -0.4 is 14.8 Å². The molecular weight excluding hydrogens is 268 g/mol. The van der Waals surface area contributed by atoms with Gasteiger partial charge in [-0.2, -0.15) is 0 Å². The van der Waals surface area contributed by atoms with E-state index in [1.807, 2.05) is 6.07 Å². The monoisotopic (exact) mass is 292 g/mol. The molecule has 1 amide bonds. The average Bonchev–Trinajstić information content (AvgIpc) is 2.50. The maximum absolute atomic E-state index is 12.2. The molecule has 0 unspecified atom stereocenters. The standard InChI is InChI=1S/C16H24N2O3/c1-12-6-4-5-9-18(12)11-16(19)17-14-8-7-13(20-2)10-15(14)21-3/h7-8,10,12H,4-6,9,11H2,1-3H3,(H,17,19)/t12-/m1/s1. The van der Waals surface area contributed by atoms with Gasteiger partial charge in [-0.3, -0.25) is 9.69 Å². The van der Waals surface area contributed by atoms with Crippen molar-refractivity contribution in [3.63, 3.8) is 0 Å². The minimum atomic E-state index is -0.00721. The molecule has 1 saturated heterocycles. The molecule has 0 saturated carbocycles. The zero-order chi connectivity index (χ0) is 15.2. The average molecular weight is 292 g/mol. The molecule has 0 bridgehead atoms. The zero-order valence-electron chi connectivity index (χ0n) is 13.0. The number of anilines is 1. The number of nitrogens with one attached hydrogen (secondary N) is 1. The maximum Gasteiger partial charge on any atom is 0.238 e. The summed E-state index contributed by atoms with van der Waals surface area (Å²) in [6.45, 7) is 3.60. The van der Waals surface area contributed by atoms with E-state index in [1.54, 1.807) is 26.4 Å². The number of nitrogens with zero attached hydrogens (tertiary/aromatic N) is 1. The minimum absolute atomic E-state index is 0.00721. The molecule has 1 aliphatic rings. The van der Waals surface area contributed by atoms with Crippen LogP contribution in [-0.4, -0.2) is 44.2 Å². The molecule has 1 aromatic carbocycles. The normalized spacial score (nSPS) is 19.1. The lowest BCUT2D eigenvalue weighted by molar-refractivity contribution is -0.118. The predicted molar refractivity (Wildman–Crippen MR) is 83.1 cm³/mol. The van der Waals surface area contributed by atoms with Crippen LogP contribution in [-0.2, 0) is 4.79 Å². The largest absolute Gasteiger partial charge is 0.497 e. The fraction of sp³-hybridized carbons (Fsp3) is 0.562. The van der Waals surface area contributed by atoms with Crippen LogP contribution in [0.1, 0.15) is 26.2 Å². The number of methoxy groups -OCH3 is 2. The van der Waals surface area contributed by atoms with E-state index in [9.17, 15) is 4.79 Å². The van der Waals surface area contributed by atoms with Crippen LogP contribution in [0.2, 0.25) is 0 Å². The van der Waals surface area contributed by atoms with Gasteiger partial charge in [-0.15, -0.1) is 0 Å². The molecule has 0 aliphatic carbocycles. The van der Waals surface area contributed by atoms with E-state index in [-0.39, 0.29) is 5.91 Å². The number of hydrogen-bond acceptors (Lipinski definition) is 4. The van der Waals surface area contributed by atoms with Crippen molar-refractivity contribution in [2.45, 2.75) is 32.2 Å². The Labute approximate surface area is 126 Å². The molecule has 21 heavy (non-hydrogen) atoms. The highest BCUT2D eigenvalue weighted by molar-refractivity contribution is 5.93. The summed E-state index contributed by atoms with van der Waals surface area (Å²) in [7, 11) is 3.18. The Morgan fingerprint density at radius 2 is 2.14 bits per heavy atom. The van der Waals surface area contributed by atoms with Gasteiger partial charge in [0.05, 0.1) is 26.5 Å². The van der Waals surface area contributed by atoms with Gasteiger partial charge in [0.15, 0.2) is 0 Å². The topological polar surface area (TPSA) is 50.8 Å². The molecule has 1 N–H and O–H groups in total. The smallest absolute Gasteiger partial charge is 0.238 e. The van der Waals surface area contributed by atoms with E-state index in [1.165, 1.54) is 19.3 Å². The van der Waals surface area contributed by atoms with Crippen molar-refractivity contribution in [1.82, 2.24) is 4.90 Å². The van der Waals surface area contributed by atoms with E-state index in [0.717, 1.165) is 6.54 Å². The van der Waals surface area contributed by atoms with E-state index in [0.29, 0.717) is 29.8 Å². The predicted octanol–water partition coefficient (Wildman–Crippen LogP) is 2.52. The second-order valence-electron chi connectivity index (χ2n) is 5.43. The highest BCUT2D eigenvalue weighted by Gasteiger charge is 2.21. The lowest BCUT2D eigenvalue weighted by Crippen LogP contribution is -2.42. The van der Waals surface area contributed by atoms with Gasteiger partial charge in [0.25, 0.3) is 0 Å². The molecule has 0 aromatic heterocycles. The van der Waals surface area contributed by atoms with Gasteiger partial charge < -0.3 is 14.8 Å². The first-order chi connectivity index (χ1) is 10.1. The van der Waals surface area contributed by atoms with Gasteiger partial charge in [0.1, 0.15) is 11.5 Å². The number of carbonyl (C=O) groups excluding carboxylic acids is 1. The first-order valence-corrected chi connectivity index (χ1v) is 7.40. The summed E-state index contributed by atoms with van der Waals surface area (Å²) in [5.74, 6) is 1.30. The molecule has 0 spiro atoms. The number of amides is 1. The van der Waals surface area contributed by atoms with E-state index < -0.39 is 0 Å². The summed E-state index contributed by atoms with van der Waals surface area (Å²) in [6.07, 6.45) is 3.59. The van der Waals surface area contributed by atoms with Gasteiger partial charge in [-0.25, -0.2) is 0 Å². The molecule has 1 fully saturated rings. The van der Waals surface area contributed by atoms with Crippen molar-refractivity contribution in [1.29, 1.82) is 0 Å². The zero-order valence-corrected chi connectivity index (χ0v) is 13.0. The van der Waals surface area contributed by atoms with Gasteiger partial charge >= 0.3 is 0 Å². The summed E-state index contributed by atoms with van der Waals surface area (Å²) in [5.41, 5.74) is 0.674. The van der Waals surface area contributed by atoms with E-state index >= 15 is 0 Å². The molecule has 5 nitrogen and oxygen atoms in total. The third kappa shape index (κ3) is 4.11. The van der Waals surface area contributed by atoms with Crippen LogP contribution in [0.5, 0.6) is 11.5 Å². The number of likely N-dealkylation sites (tertiary alicyclic amines) is 1. The van der Waals surface area contributed by atoms with Gasteiger partial charge in [0, 0.05) is 12.1 Å². The molecule has 1 atom stereocenters. The van der Waals surface area contributed by atoms with Gasteiger partial charge in [-0.05, 0) is 38.4 Å². The Balaban J connectivity index is 1.98. The first kappa shape index (κ1) is 15.6. The summed E-state index contributed by atoms with van der Waals surface area (Å²) in [4.78, 5) is 14.4. The number of hydrogen-bond donors (Lipinski definition) is 1. The first-order valence-electron chi connectivity index (χ1n) is 7.40. The van der Waals surface area contributed by atoms with Crippen molar-refractivity contribution in [2.75, 3.05) is 32.6 Å². The second-order valence-corrected chi connectivity index (χ2v) is 5.43. The fourth-order valence-electron chi connectivity index (χ4n) is 2.67. The second kappa shape index (κ2) is 7.31. The number of carbonyl (C=O) groups is 1.